The summed E-state index contributed by atoms with van der Waals surface area (Å²) < 4.78 is 10.5. The Kier molecular flexibility index (Phi) is 5.31. The summed E-state index contributed by atoms with van der Waals surface area (Å²) in [5.74, 6) is -0.242. The average Bonchev–Trinajstić information content (AvgIpc) is 2.56. The minimum atomic E-state index is -0.857. The van der Waals surface area contributed by atoms with Gasteiger partial charge in [0.25, 0.3) is 0 Å². The van der Waals surface area contributed by atoms with Crippen molar-refractivity contribution in [1.29, 1.82) is 0 Å². The van der Waals surface area contributed by atoms with Crippen LogP contribution in [0.4, 0.5) is 10.5 Å². The highest BCUT2D eigenvalue weighted by atomic mass is 16.5. The number of piperidine rings is 1. The number of rotatable bonds is 4. The molecule has 1 unspecified atom stereocenters. The first-order chi connectivity index (χ1) is 11.0. The first-order valence-electron chi connectivity index (χ1n) is 7.47. The number of likely N-dealkylation sites (tertiary alicyclic amines) is 1. The summed E-state index contributed by atoms with van der Waals surface area (Å²) >= 11 is 0. The molecule has 0 saturated carbocycles. The molecule has 1 aliphatic heterocycles. The molecule has 1 aliphatic rings. The Morgan fingerprint density at radius 1 is 1.26 bits per heavy atom. The molecule has 7 nitrogen and oxygen atoms in total. The van der Waals surface area contributed by atoms with Gasteiger partial charge in [0, 0.05) is 24.8 Å². The monoisotopic (exact) mass is 322 g/mol. The van der Waals surface area contributed by atoms with Crippen molar-refractivity contribution < 1.29 is 24.2 Å². The lowest BCUT2D eigenvalue weighted by atomic mass is 9.99. The van der Waals surface area contributed by atoms with Crippen LogP contribution in [0.25, 0.3) is 0 Å². The lowest BCUT2D eigenvalue weighted by Crippen LogP contribution is -2.44. The van der Waals surface area contributed by atoms with Crippen LogP contribution in [0.2, 0.25) is 0 Å². The van der Waals surface area contributed by atoms with E-state index in [0.29, 0.717) is 36.6 Å². The fourth-order valence-electron chi connectivity index (χ4n) is 2.67. The van der Waals surface area contributed by atoms with Crippen molar-refractivity contribution in [3.63, 3.8) is 0 Å². The van der Waals surface area contributed by atoms with Crippen LogP contribution in [0.5, 0.6) is 11.5 Å². The Hall–Kier alpha value is -2.44. The highest BCUT2D eigenvalue weighted by molar-refractivity contribution is 5.91. The number of urea groups is 1. The maximum atomic E-state index is 12.4. The number of carbonyl (C=O) groups excluding carboxylic acids is 1. The van der Waals surface area contributed by atoms with Crippen LogP contribution in [0, 0.1) is 12.8 Å². The maximum Gasteiger partial charge on any atom is 0.321 e. The highest BCUT2D eigenvalue weighted by Gasteiger charge is 2.28. The molecule has 2 N–H and O–H groups in total. The van der Waals surface area contributed by atoms with E-state index in [1.165, 1.54) is 7.11 Å². The third kappa shape index (κ3) is 3.85. The topological polar surface area (TPSA) is 88.1 Å². The highest BCUT2D eigenvalue weighted by Crippen LogP contribution is 2.33. The number of anilines is 1. The van der Waals surface area contributed by atoms with Crippen LogP contribution in [0.1, 0.15) is 18.4 Å². The number of aryl methyl sites for hydroxylation is 1. The summed E-state index contributed by atoms with van der Waals surface area (Å²) in [5.41, 5.74) is 1.45. The number of carbonyl (C=O) groups is 2. The van der Waals surface area contributed by atoms with Gasteiger partial charge >= 0.3 is 12.0 Å². The standard InChI is InChI=1S/C16H22N2O5/c1-10-7-13(22-2)14(23-3)8-12(10)17-16(21)18-6-4-5-11(9-18)15(19)20/h7-8,11H,4-6,9H2,1-3H3,(H,17,21)(H,19,20). The lowest BCUT2D eigenvalue weighted by molar-refractivity contribution is -0.143. The van der Waals surface area contributed by atoms with Gasteiger partial charge in [-0.25, -0.2) is 4.79 Å². The van der Waals surface area contributed by atoms with Crippen molar-refractivity contribution in [2.24, 2.45) is 5.92 Å². The summed E-state index contributed by atoms with van der Waals surface area (Å²) in [6, 6.07) is 3.18. The Bertz CT molecular complexity index is 602. The van der Waals surface area contributed by atoms with Crippen LogP contribution in [-0.2, 0) is 4.79 Å². The second-order valence-corrected chi connectivity index (χ2v) is 5.58. The van der Waals surface area contributed by atoms with Gasteiger partial charge in [-0.2, -0.15) is 0 Å². The molecule has 1 heterocycles. The van der Waals surface area contributed by atoms with Crippen molar-refractivity contribution in [2.75, 3.05) is 32.6 Å². The zero-order valence-corrected chi connectivity index (χ0v) is 13.6. The van der Waals surface area contributed by atoms with Crippen LogP contribution in [-0.4, -0.2) is 49.3 Å². The number of ether oxygens (including phenoxy) is 2. The normalized spacial score (nSPS) is 17.5. The van der Waals surface area contributed by atoms with Gasteiger partial charge in [-0.05, 0) is 31.4 Å². The van der Waals surface area contributed by atoms with Gasteiger partial charge in [0.1, 0.15) is 0 Å². The third-order valence-corrected chi connectivity index (χ3v) is 4.03. The van der Waals surface area contributed by atoms with Crippen LogP contribution >= 0.6 is 0 Å². The maximum absolute atomic E-state index is 12.4. The largest absolute Gasteiger partial charge is 0.493 e. The predicted molar refractivity (Wildman–Crippen MR) is 85.2 cm³/mol. The number of hydrogen-bond donors (Lipinski definition) is 2. The molecule has 1 aromatic carbocycles. The summed E-state index contributed by atoms with van der Waals surface area (Å²) in [7, 11) is 3.08. The molecule has 1 aromatic rings. The molecule has 1 saturated heterocycles. The summed E-state index contributed by atoms with van der Waals surface area (Å²) in [4.78, 5) is 25.0. The van der Waals surface area contributed by atoms with E-state index in [0.717, 1.165) is 5.56 Å². The number of hydrogen-bond acceptors (Lipinski definition) is 4. The van der Waals surface area contributed by atoms with E-state index < -0.39 is 11.9 Å². The molecule has 1 atom stereocenters. The molecule has 1 fully saturated rings. The number of methoxy groups -OCH3 is 2. The minimum absolute atomic E-state index is 0.230. The van der Waals surface area contributed by atoms with E-state index >= 15 is 0 Å². The zero-order valence-electron chi connectivity index (χ0n) is 13.6. The predicted octanol–water partition coefficient (Wildman–Crippen LogP) is 2.34. The number of benzene rings is 1. The van der Waals surface area contributed by atoms with Crippen molar-refractivity contribution in [2.45, 2.75) is 19.8 Å². The first-order valence-corrected chi connectivity index (χ1v) is 7.47. The van der Waals surface area contributed by atoms with E-state index in [1.807, 2.05) is 6.92 Å². The quantitative estimate of drug-likeness (QED) is 0.888. The van der Waals surface area contributed by atoms with Crippen LogP contribution in [0.3, 0.4) is 0 Å². The molecular weight excluding hydrogens is 300 g/mol. The fraction of sp³-hybridized carbons (Fsp3) is 0.500. The van der Waals surface area contributed by atoms with Gasteiger partial charge in [-0.1, -0.05) is 0 Å². The lowest BCUT2D eigenvalue weighted by Gasteiger charge is -2.31. The van der Waals surface area contributed by atoms with Crippen molar-refractivity contribution in [3.05, 3.63) is 17.7 Å². The first kappa shape index (κ1) is 16.9. The molecule has 0 spiro atoms. The second kappa shape index (κ2) is 7.21. The number of nitrogens with zero attached hydrogens (tertiary/aromatic N) is 1. The van der Waals surface area contributed by atoms with Gasteiger partial charge in [0.05, 0.1) is 20.1 Å². The number of carboxylic acids is 1. The molecule has 7 heteroatoms. The SMILES string of the molecule is COc1cc(C)c(NC(=O)N2CCCC(C(=O)O)C2)cc1OC. The number of carboxylic acid groups (broad SMARTS) is 1. The Labute approximate surface area is 135 Å². The molecule has 2 amide bonds. The van der Waals surface area contributed by atoms with E-state index in [4.69, 9.17) is 14.6 Å². The molecule has 126 valence electrons. The molecule has 0 aromatic heterocycles. The van der Waals surface area contributed by atoms with Gasteiger partial charge in [-0.15, -0.1) is 0 Å². The molecule has 2 rings (SSSR count). The number of nitrogens with one attached hydrogen (secondary N) is 1. The van der Waals surface area contributed by atoms with Crippen molar-refractivity contribution >= 4 is 17.7 Å². The van der Waals surface area contributed by atoms with E-state index in [9.17, 15) is 9.59 Å². The van der Waals surface area contributed by atoms with Gasteiger partial charge in [0.2, 0.25) is 0 Å². The molecule has 23 heavy (non-hydrogen) atoms. The van der Waals surface area contributed by atoms with Crippen LogP contribution < -0.4 is 14.8 Å². The molecule has 0 radical (unpaired) electrons. The Morgan fingerprint density at radius 3 is 2.52 bits per heavy atom. The third-order valence-electron chi connectivity index (χ3n) is 4.03. The molecular formula is C16H22N2O5. The van der Waals surface area contributed by atoms with Crippen LogP contribution in [0.15, 0.2) is 12.1 Å². The smallest absolute Gasteiger partial charge is 0.321 e. The zero-order chi connectivity index (χ0) is 17.0. The fourth-order valence-corrected chi connectivity index (χ4v) is 2.67. The summed E-state index contributed by atoms with van der Waals surface area (Å²) in [5, 5.41) is 11.9. The Morgan fingerprint density at radius 2 is 1.91 bits per heavy atom. The van der Waals surface area contributed by atoms with E-state index in [1.54, 1.807) is 24.1 Å². The van der Waals surface area contributed by atoms with Gasteiger partial charge < -0.3 is 24.8 Å². The molecule has 0 aliphatic carbocycles. The van der Waals surface area contributed by atoms with Crippen molar-refractivity contribution in [3.8, 4) is 11.5 Å². The second-order valence-electron chi connectivity index (χ2n) is 5.58. The number of aliphatic carboxylic acids is 1. The summed E-state index contributed by atoms with van der Waals surface area (Å²) in [6.45, 7) is 2.64. The minimum Gasteiger partial charge on any atom is -0.493 e. The van der Waals surface area contributed by atoms with E-state index in [-0.39, 0.29) is 12.6 Å². The Balaban J connectivity index is 2.12. The number of amides is 2. The van der Waals surface area contributed by atoms with Gasteiger partial charge in [0.15, 0.2) is 11.5 Å². The average molecular weight is 322 g/mol. The van der Waals surface area contributed by atoms with Gasteiger partial charge in [-0.3, -0.25) is 4.79 Å². The summed E-state index contributed by atoms with van der Waals surface area (Å²) in [6.07, 6.45) is 1.30. The van der Waals surface area contributed by atoms with E-state index in [2.05, 4.69) is 5.32 Å². The van der Waals surface area contributed by atoms with Crippen molar-refractivity contribution in [1.82, 2.24) is 4.90 Å². The molecule has 0 bridgehead atoms.